The van der Waals surface area contributed by atoms with E-state index in [1.54, 1.807) is 18.2 Å². The zero-order valence-corrected chi connectivity index (χ0v) is 10.3. The van der Waals surface area contributed by atoms with Crippen LogP contribution in [0.15, 0.2) is 18.2 Å². The van der Waals surface area contributed by atoms with E-state index in [1.807, 2.05) is 20.8 Å². The van der Waals surface area contributed by atoms with Crippen molar-refractivity contribution in [3.63, 3.8) is 0 Å². The summed E-state index contributed by atoms with van der Waals surface area (Å²) in [6.07, 6.45) is 0. The van der Waals surface area contributed by atoms with Gasteiger partial charge in [0.05, 0.1) is 6.04 Å². The van der Waals surface area contributed by atoms with Crippen LogP contribution in [0.1, 0.15) is 31.1 Å². The van der Waals surface area contributed by atoms with Crippen molar-refractivity contribution in [2.45, 2.75) is 32.9 Å². The summed E-state index contributed by atoms with van der Waals surface area (Å²) in [6, 6.07) is 5.37. The minimum atomic E-state index is -0.199. The van der Waals surface area contributed by atoms with Crippen LogP contribution in [0.4, 0.5) is 0 Å². The molecule has 0 aromatic heterocycles. The number of ketones is 1. The molecule has 0 fully saturated rings. The first kappa shape index (κ1) is 11.9. The third-order valence-corrected chi connectivity index (χ3v) is 2.63. The molecule has 0 aliphatic carbocycles. The molecule has 4 nitrogen and oxygen atoms in total. The van der Waals surface area contributed by atoms with E-state index < -0.39 is 0 Å². The maximum atomic E-state index is 12.1. The molecule has 1 aliphatic rings. The van der Waals surface area contributed by atoms with Crippen molar-refractivity contribution in [1.82, 2.24) is 5.32 Å². The van der Waals surface area contributed by atoms with Crippen LogP contribution in [-0.2, 0) is 0 Å². The van der Waals surface area contributed by atoms with Crippen molar-refractivity contribution in [3.05, 3.63) is 23.8 Å². The molecule has 0 bridgehead atoms. The van der Waals surface area contributed by atoms with Crippen molar-refractivity contribution in [2.75, 3.05) is 6.79 Å². The highest BCUT2D eigenvalue weighted by atomic mass is 16.7. The van der Waals surface area contributed by atoms with Gasteiger partial charge in [-0.15, -0.1) is 0 Å². The Balaban J connectivity index is 2.14. The zero-order chi connectivity index (χ0) is 12.4. The lowest BCUT2D eigenvalue weighted by Gasteiger charge is -2.15. The molecule has 2 rings (SSSR count). The van der Waals surface area contributed by atoms with E-state index in [-0.39, 0.29) is 24.7 Å². The predicted octanol–water partition coefficient (Wildman–Crippen LogP) is 1.98. The molecule has 1 aromatic rings. The molecular weight excluding hydrogens is 218 g/mol. The van der Waals surface area contributed by atoms with Crippen LogP contribution >= 0.6 is 0 Å². The van der Waals surface area contributed by atoms with E-state index in [0.717, 1.165) is 0 Å². The number of carbonyl (C=O) groups is 1. The van der Waals surface area contributed by atoms with Gasteiger partial charge in [-0.2, -0.15) is 0 Å². The molecular formula is C13H17NO3. The number of carbonyl (C=O) groups excluding carboxylic acids is 1. The Labute approximate surface area is 101 Å². The highest BCUT2D eigenvalue weighted by Gasteiger charge is 2.19. The standard InChI is InChI=1S/C13H17NO3/c1-8(2)14-9(3)13(15)10-4-5-11-12(6-10)17-7-16-11/h4-6,8-9,14H,7H2,1-3H3/t9-/m1/s1. The molecule has 0 unspecified atom stereocenters. The van der Waals surface area contributed by atoms with Gasteiger partial charge in [0.15, 0.2) is 17.3 Å². The highest BCUT2D eigenvalue weighted by Crippen LogP contribution is 2.32. The first-order chi connectivity index (χ1) is 8.08. The van der Waals surface area contributed by atoms with Crippen LogP contribution in [0, 0.1) is 0 Å². The van der Waals surface area contributed by atoms with Gasteiger partial charge in [0.2, 0.25) is 6.79 Å². The van der Waals surface area contributed by atoms with Crippen LogP contribution in [0.2, 0.25) is 0 Å². The molecule has 92 valence electrons. The lowest BCUT2D eigenvalue weighted by Crippen LogP contribution is -2.38. The minimum Gasteiger partial charge on any atom is -0.454 e. The third kappa shape index (κ3) is 2.58. The third-order valence-electron chi connectivity index (χ3n) is 2.63. The molecule has 0 spiro atoms. The normalized spacial score (nSPS) is 15.1. The molecule has 0 saturated carbocycles. The summed E-state index contributed by atoms with van der Waals surface area (Å²) in [5.41, 5.74) is 0.648. The van der Waals surface area contributed by atoms with Crippen LogP contribution in [0.25, 0.3) is 0 Å². The van der Waals surface area contributed by atoms with Gasteiger partial charge in [-0.1, -0.05) is 13.8 Å². The van der Waals surface area contributed by atoms with Crippen molar-refractivity contribution >= 4 is 5.78 Å². The Bertz CT molecular complexity index is 429. The Morgan fingerprint density at radius 3 is 2.65 bits per heavy atom. The van der Waals surface area contributed by atoms with Crippen molar-refractivity contribution in [1.29, 1.82) is 0 Å². The lowest BCUT2D eigenvalue weighted by molar-refractivity contribution is 0.0946. The zero-order valence-electron chi connectivity index (χ0n) is 10.3. The SMILES string of the molecule is CC(C)N[C@H](C)C(=O)c1ccc2c(c1)OCO2. The Kier molecular flexibility index (Phi) is 3.33. The maximum Gasteiger partial charge on any atom is 0.231 e. The van der Waals surface area contributed by atoms with Gasteiger partial charge in [-0.25, -0.2) is 0 Å². The fourth-order valence-electron chi connectivity index (χ4n) is 1.88. The highest BCUT2D eigenvalue weighted by molar-refractivity contribution is 6.00. The Morgan fingerprint density at radius 1 is 1.24 bits per heavy atom. The molecule has 1 N–H and O–H groups in total. The number of fused-ring (bicyclic) bond motifs is 1. The molecule has 1 atom stereocenters. The summed E-state index contributed by atoms with van der Waals surface area (Å²) in [5.74, 6) is 1.41. The van der Waals surface area contributed by atoms with Crippen LogP contribution in [0.5, 0.6) is 11.5 Å². The van der Waals surface area contributed by atoms with Gasteiger partial charge in [-0.3, -0.25) is 4.79 Å². The van der Waals surface area contributed by atoms with Gasteiger partial charge < -0.3 is 14.8 Å². The van der Waals surface area contributed by atoms with Gasteiger partial charge in [0.25, 0.3) is 0 Å². The molecule has 0 radical (unpaired) electrons. The molecule has 1 heterocycles. The second-order valence-corrected chi connectivity index (χ2v) is 4.48. The molecule has 1 aromatic carbocycles. The van der Waals surface area contributed by atoms with Crippen LogP contribution in [0.3, 0.4) is 0 Å². The number of Topliss-reactive ketones (excluding diaryl/α,β-unsaturated/α-hetero) is 1. The average molecular weight is 235 g/mol. The summed E-state index contributed by atoms with van der Waals surface area (Å²) >= 11 is 0. The lowest BCUT2D eigenvalue weighted by atomic mass is 10.0. The smallest absolute Gasteiger partial charge is 0.231 e. The van der Waals surface area contributed by atoms with Crippen molar-refractivity contribution in [2.24, 2.45) is 0 Å². The number of ether oxygens (including phenoxy) is 2. The number of rotatable bonds is 4. The first-order valence-electron chi connectivity index (χ1n) is 5.78. The fraction of sp³-hybridized carbons (Fsp3) is 0.462. The second kappa shape index (κ2) is 4.75. The van der Waals surface area contributed by atoms with Gasteiger partial charge in [-0.05, 0) is 25.1 Å². The molecule has 0 saturated heterocycles. The van der Waals surface area contributed by atoms with Gasteiger partial charge in [0, 0.05) is 11.6 Å². The quantitative estimate of drug-likeness (QED) is 0.811. The van der Waals surface area contributed by atoms with Crippen LogP contribution < -0.4 is 14.8 Å². The summed E-state index contributed by atoms with van der Waals surface area (Å²) in [4.78, 5) is 12.1. The van der Waals surface area contributed by atoms with E-state index >= 15 is 0 Å². The van der Waals surface area contributed by atoms with Crippen molar-refractivity contribution < 1.29 is 14.3 Å². The summed E-state index contributed by atoms with van der Waals surface area (Å²) in [5, 5.41) is 3.19. The van der Waals surface area contributed by atoms with E-state index in [9.17, 15) is 4.79 Å². The maximum absolute atomic E-state index is 12.1. The second-order valence-electron chi connectivity index (χ2n) is 4.48. The number of benzene rings is 1. The average Bonchev–Trinajstić information content (AvgIpc) is 2.73. The Morgan fingerprint density at radius 2 is 1.94 bits per heavy atom. The van der Waals surface area contributed by atoms with E-state index in [1.165, 1.54) is 0 Å². The topological polar surface area (TPSA) is 47.6 Å². The minimum absolute atomic E-state index is 0.0667. The molecule has 17 heavy (non-hydrogen) atoms. The predicted molar refractivity (Wildman–Crippen MR) is 64.6 cm³/mol. The summed E-state index contributed by atoms with van der Waals surface area (Å²) in [7, 11) is 0. The van der Waals surface area contributed by atoms with Gasteiger partial charge >= 0.3 is 0 Å². The molecule has 0 amide bonds. The van der Waals surface area contributed by atoms with Crippen molar-refractivity contribution in [3.8, 4) is 11.5 Å². The number of hydrogen-bond acceptors (Lipinski definition) is 4. The fourth-order valence-corrected chi connectivity index (χ4v) is 1.88. The molecule has 1 aliphatic heterocycles. The van der Waals surface area contributed by atoms with E-state index in [2.05, 4.69) is 5.32 Å². The Hall–Kier alpha value is -1.55. The van der Waals surface area contributed by atoms with Gasteiger partial charge in [0.1, 0.15) is 0 Å². The summed E-state index contributed by atoms with van der Waals surface area (Å²) < 4.78 is 10.5. The summed E-state index contributed by atoms with van der Waals surface area (Å²) in [6.45, 7) is 6.13. The molecule has 4 heteroatoms. The van der Waals surface area contributed by atoms with Crippen LogP contribution in [-0.4, -0.2) is 24.7 Å². The van der Waals surface area contributed by atoms with E-state index in [4.69, 9.17) is 9.47 Å². The monoisotopic (exact) mass is 235 g/mol. The first-order valence-corrected chi connectivity index (χ1v) is 5.78. The number of nitrogens with one attached hydrogen (secondary N) is 1. The largest absolute Gasteiger partial charge is 0.454 e. The number of hydrogen-bond donors (Lipinski definition) is 1. The van der Waals surface area contributed by atoms with E-state index in [0.29, 0.717) is 17.1 Å².